The van der Waals surface area contributed by atoms with Crippen molar-refractivity contribution in [3.8, 4) is 11.5 Å². The van der Waals surface area contributed by atoms with Crippen LogP contribution in [0.15, 0.2) is 17.1 Å². The van der Waals surface area contributed by atoms with Crippen molar-refractivity contribution in [1.29, 1.82) is 0 Å². The molecule has 0 aromatic heterocycles. The van der Waals surface area contributed by atoms with Crippen LogP contribution in [0, 0.1) is 0 Å². The van der Waals surface area contributed by atoms with E-state index >= 15 is 0 Å². The Kier molecular flexibility index (Phi) is 2.90. The van der Waals surface area contributed by atoms with Gasteiger partial charge in [0.2, 0.25) is 6.08 Å². The molecular formula is C13H15NO3. The zero-order valence-electron chi connectivity index (χ0n) is 9.99. The second kappa shape index (κ2) is 4.22. The average Bonchev–Trinajstić information content (AvgIpc) is 3.10. The second-order valence-electron chi connectivity index (χ2n) is 4.28. The SMILES string of the molecule is CCc1cc(OC)c(O)c(C2(N=C=O)CC2)c1. The summed E-state index contributed by atoms with van der Waals surface area (Å²) in [6, 6.07) is 3.70. The fourth-order valence-electron chi connectivity index (χ4n) is 2.03. The van der Waals surface area contributed by atoms with Crippen molar-refractivity contribution in [2.24, 2.45) is 4.99 Å². The molecule has 17 heavy (non-hydrogen) atoms. The maximum atomic E-state index is 10.4. The molecule has 0 radical (unpaired) electrons. The number of hydrogen-bond acceptors (Lipinski definition) is 4. The van der Waals surface area contributed by atoms with Crippen molar-refractivity contribution >= 4 is 6.08 Å². The number of phenols is 1. The lowest BCUT2D eigenvalue weighted by molar-refractivity contribution is 0.367. The number of ether oxygens (including phenoxy) is 1. The monoisotopic (exact) mass is 233 g/mol. The van der Waals surface area contributed by atoms with Crippen molar-refractivity contribution in [1.82, 2.24) is 0 Å². The number of aromatic hydroxyl groups is 1. The minimum atomic E-state index is -0.565. The minimum Gasteiger partial charge on any atom is -0.504 e. The van der Waals surface area contributed by atoms with E-state index in [1.54, 1.807) is 12.1 Å². The smallest absolute Gasteiger partial charge is 0.235 e. The van der Waals surface area contributed by atoms with Crippen LogP contribution in [0.1, 0.15) is 30.9 Å². The van der Waals surface area contributed by atoms with Gasteiger partial charge < -0.3 is 9.84 Å². The first-order chi connectivity index (χ1) is 8.16. The molecule has 90 valence electrons. The highest BCUT2D eigenvalue weighted by molar-refractivity contribution is 5.55. The first-order valence-corrected chi connectivity index (χ1v) is 5.66. The van der Waals surface area contributed by atoms with Crippen LogP contribution in [0.4, 0.5) is 0 Å². The van der Waals surface area contributed by atoms with E-state index in [1.807, 2.05) is 13.0 Å². The summed E-state index contributed by atoms with van der Waals surface area (Å²) < 4.78 is 5.14. The molecule has 1 aromatic rings. The van der Waals surface area contributed by atoms with Gasteiger partial charge in [-0.25, -0.2) is 4.79 Å². The first kappa shape index (κ1) is 11.7. The molecule has 1 aliphatic carbocycles. The van der Waals surface area contributed by atoms with Crippen LogP contribution in [0.2, 0.25) is 0 Å². The van der Waals surface area contributed by atoms with E-state index in [0.29, 0.717) is 11.3 Å². The lowest BCUT2D eigenvalue weighted by Gasteiger charge is -2.15. The number of benzene rings is 1. The van der Waals surface area contributed by atoms with E-state index in [9.17, 15) is 9.90 Å². The van der Waals surface area contributed by atoms with Crippen molar-refractivity contribution in [3.63, 3.8) is 0 Å². The summed E-state index contributed by atoms with van der Waals surface area (Å²) in [6.45, 7) is 2.03. The molecule has 4 heteroatoms. The van der Waals surface area contributed by atoms with Gasteiger partial charge >= 0.3 is 0 Å². The summed E-state index contributed by atoms with van der Waals surface area (Å²) in [7, 11) is 1.51. The number of aryl methyl sites for hydroxylation is 1. The predicted molar refractivity (Wildman–Crippen MR) is 63.1 cm³/mol. The van der Waals surface area contributed by atoms with E-state index in [-0.39, 0.29) is 5.75 Å². The van der Waals surface area contributed by atoms with E-state index in [1.165, 1.54) is 7.11 Å². The molecule has 1 N–H and O–H groups in total. The van der Waals surface area contributed by atoms with Crippen LogP contribution in [0.5, 0.6) is 11.5 Å². The standard InChI is InChI=1S/C13H15NO3/c1-3-9-6-10(12(16)11(7-9)17-2)13(4-5-13)14-8-15/h6-7,16H,3-5H2,1-2H3. The second-order valence-corrected chi connectivity index (χ2v) is 4.28. The molecule has 1 saturated carbocycles. The molecule has 1 aromatic carbocycles. The van der Waals surface area contributed by atoms with Gasteiger partial charge in [-0.1, -0.05) is 6.92 Å². The average molecular weight is 233 g/mol. The molecule has 0 saturated heterocycles. The van der Waals surface area contributed by atoms with E-state index in [0.717, 1.165) is 24.8 Å². The van der Waals surface area contributed by atoms with Gasteiger partial charge in [0.25, 0.3) is 0 Å². The Morgan fingerprint density at radius 1 is 1.53 bits per heavy atom. The van der Waals surface area contributed by atoms with Crippen LogP contribution in [-0.2, 0) is 16.8 Å². The molecule has 2 rings (SSSR count). The fraction of sp³-hybridized carbons (Fsp3) is 0.462. The van der Waals surface area contributed by atoms with Crippen molar-refractivity contribution in [2.75, 3.05) is 7.11 Å². The van der Waals surface area contributed by atoms with Gasteiger partial charge in [-0.3, -0.25) is 0 Å². The van der Waals surface area contributed by atoms with Crippen LogP contribution in [0.25, 0.3) is 0 Å². The topological polar surface area (TPSA) is 58.9 Å². The lowest BCUT2D eigenvalue weighted by Crippen LogP contribution is -2.05. The highest BCUT2D eigenvalue weighted by Crippen LogP contribution is 2.54. The molecule has 4 nitrogen and oxygen atoms in total. The third-order valence-electron chi connectivity index (χ3n) is 3.25. The Bertz CT molecular complexity index is 486. The maximum absolute atomic E-state index is 10.4. The molecule has 0 bridgehead atoms. The summed E-state index contributed by atoms with van der Waals surface area (Å²) in [4.78, 5) is 14.3. The van der Waals surface area contributed by atoms with Gasteiger partial charge in [0, 0.05) is 5.56 Å². The summed E-state index contributed by atoms with van der Waals surface area (Å²) in [5.74, 6) is 0.521. The van der Waals surface area contributed by atoms with Gasteiger partial charge in [0.05, 0.1) is 7.11 Å². The summed E-state index contributed by atoms with van der Waals surface area (Å²) >= 11 is 0. The Balaban J connectivity index is 2.56. The number of aliphatic imine (C=N–C) groups is 1. The summed E-state index contributed by atoms with van der Waals surface area (Å²) in [5, 5.41) is 10.1. The Morgan fingerprint density at radius 3 is 2.71 bits per heavy atom. The Morgan fingerprint density at radius 2 is 2.24 bits per heavy atom. The van der Waals surface area contributed by atoms with Crippen LogP contribution < -0.4 is 4.74 Å². The number of methoxy groups -OCH3 is 1. The van der Waals surface area contributed by atoms with Crippen molar-refractivity contribution in [3.05, 3.63) is 23.3 Å². The number of hydrogen-bond donors (Lipinski definition) is 1. The van der Waals surface area contributed by atoms with Gasteiger partial charge in [0.15, 0.2) is 11.5 Å². The summed E-state index contributed by atoms with van der Waals surface area (Å²) in [5.41, 5.74) is 1.17. The number of rotatable bonds is 4. The largest absolute Gasteiger partial charge is 0.504 e. The fourth-order valence-corrected chi connectivity index (χ4v) is 2.03. The van der Waals surface area contributed by atoms with E-state index < -0.39 is 5.54 Å². The molecule has 0 spiro atoms. The third kappa shape index (κ3) is 1.92. The lowest BCUT2D eigenvalue weighted by atomic mass is 9.99. The summed E-state index contributed by atoms with van der Waals surface area (Å²) in [6.07, 6.45) is 3.97. The molecule has 0 amide bonds. The number of carbonyl (C=O) groups excluding carboxylic acids is 1. The predicted octanol–water partition coefficient (Wildman–Crippen LogP) is 2.29. The highest BCUT2D eigenvalue weighted by atomic mass is 16.5. The quantitative estimate of drug-likeness (QED) is 0.641. The molecule has 1 fully saturated rings. The van der Waals surface area contributed by atoms with Crippen LogP contribution in [-0.4, -0.2) is 18.3 Å². The zero-order valence-corrected chi connectivity index (χ0v) is 9.99. The molecule has 0 unspecified atom stereocenters. The van der Waals surface area contributed by atoms with E-state index in [2.05, 4.69) is 4.99 Å². The zero-order chi connectivity index (χ0) is 12.5. The Labute approximate surface area is 99.9 Å². The Hall–Kier alpha value is -1.80. The molecule has 0 atom stereocenters. The molecule has 0 aliphatic heterocycles. The van der Waals surface area contributed by atoms with Crippen molar-refractivity contribution < 1.29 is 14.6 Å². The van der Waals surface area contributed by atoms with Crippen LogP contribution >= 0.6 is 0 Å². The maximum Gasteiger partial charge on any atom is 0.235 e. The minimum absolute atomic E-state index is 0.0844. The van der Waals surface area contributed by atoms with Crippen LogP contribution in [0.3, 0.4) is 0 Å². The number of isocyanates is 1. The molecule has 1 aliphatic rings. The van der Waals surface area contributed by atoms with Gasteiger partial charge in [-0.05, 0) is 37.0 Å². The number of nitrogens with zero attached hydrogens (tertiary/aromatic N) is 1. The van der Waals surface area contributed by atoms with Gasteiger partial charge in [0.1, 0.15) is 5.54 Å². The van der Waals surface area contributed by atoms with Crippen molar-refractivity contribution in [2.45, 2.75) is 31.7 Å². The normalized spacial score (nSPS) is 16.1. The molecular weight excluding hydrogens is 218 g/mol. The van der Waals surface area contributed by atoms with E-state index in [4.69, 9.17) is 4.74 Å². The third-order valence-corrected chi connectivity index (χ3v) is 3.25. The molecule has 0 heterocycles. The van der Waals surface area contributed by atoms with Gasteiger partial charge in [-0.2, -0.15) is 4.99 Å². The highest BCUT2D eigenvalue weighted by Gasteiger charge is 2.47. The first-order valence-electron chi connectivity index (χ1n) is 5.66. The number of phenolic OH excluding ortho intramolecular Hbond substituents is 1. The van der Waals surface area contributed by atoms with Gasteiger partial charge in [-0.15, -0.1) is 0 Å².